The molecule has 1 fully saturated rings. The van der Waals surface area contributed by atoms with Crippen molar-refractivity contribution < 1.29 is 13.2 Å². The van der Waals surface area contributed by atoms with Crippen LogP contribution in [0.1, 0.15) is 24.6 Å². The second-order valence-electron chi connectivity index (χ2n) is 4.46. The van der Waals surface area contributed by atoms with Crippen molar-refractivity contribution in [2.24, 2.45) is 0 Å². The Morgan fingerprint density at radius 3 is 2.71 bits per heavy atom. The SMILES string of the molecule is Nc1nc(Sc2n[nH]c(=O)n2C2CC2)cc(C(F)(F)F)n1. The first kappa shape index (κ1) is 13.9. The Bertz CT molecular complexity index is 735. The zero-order chi connectivity index (χ0) is 15.2. The van der Waals surface area contributed by atoms with Crippen LogP contribution in [-0.4, -0.2) is 24.7 Å². The van der Waals surface area contributed by atoms with Crippen LogP contribution < -0.4 is 11.4 Å². The molecule has 0 spiro atoms. The number of aromatic amines is 1. The lowest BCUT2D eigenvalue weighted by Gasteiger charge is -2.08. The summed E-state index contributed by atoms with van der Waals surface area (Å²) < 4.78 is 39.4. The van der Waals surface area contributed by atoms with Gasteiger partial charge in [0.1, 0.15) is 5.03 Å². The number of aromatic nitrogens is 5. The predicted molar refractivity (Wildman–Crippen MR) is 66.7 cm³/mol. The molecule has 0 saturated heterocycles. The molecular weight excluding hydrogens is 309 g/mol. The smallest absolute Gasteiger partial charge is 0.368 e. The zero-order valence-corrected chi connectivity index (χ0v) is 11.2. The van der Waals surface area contributed by atoms with E-state index in [4.69, 9.17) is 5.73 Å². The summed E-state index contributed by atoms with van der Waals surface area (Å²) in [5.74, 6) is -0.483. The number of hydrogen-bond donors (Lipinski definition) is 2. The highest BCUT2D eigenvalue weighted by Crippen LogP contribution is 2.38. The van der Waals surface area contributed by atoms with E-state index in [0.29, 0.717) is 0 Å². The molecule has 3 N–H and O–H groups in total. The molecule has 112 valence electrons. The van der Waals surface area contributed by atoms with Gasteiger partial charge in [-0.05, 0) is 24.6 Å². The number of hydrogen-bond acceptors (Lipinski definition) is 6. The lowest BCUT2D eigenvalue weighted by Crippen LogP contribution is -2.16. The minimum atomic E-state index is -4.62. The number of alkyl halides is 3. The van der Waals surface area contributed by atoms with Crippen LogP contribution in [0.5, 0.6) is 0 Å². The van der Waals surface area contributed by atoms with Crippen molar-refractivity contribution in [3.63, 3.8) is 0 Å². The normalized spacial score (nSPS) is 15.4. The fourth-order valence-electron chi connectivity index (χ4n) is 1.75. The first-order valence-electron chi connectivity index (χ1n) is 5.91. The molecule has 11 heteroatoms. The van der Waals surface area contributed by atoms with Crippen LogP contribution >= 0.6 is 11.8 Å². The van der Waals surface area contributed by atoms with Gasteiger partial charge in [0, 0.05) is 12.1 Å². The van der Waals surface area contributed by atoms with Crippen LogP contribution in [-0.2, 0) is 6.18 Å². The van der Waals surface area contributed by atoms with Gasteiger partial charge in [0.25, 0.3) is 0 Å². The van der Waals surface area contributed by atoms with Crippen LogP contribution in [0.2, 0.25) is 0 Å². The van der Waals surface area contributed by atoms with Gasteiger partial charge in [-0.15, -0.1) is 5.10 Å². The molecule has 2 aromatic rings. The molecule has 3 rings (SSSR count). The van der Waals surface area contributed by atoms with E-state index in [1.165, 1.54) is 4.57 Å². The van der Waals surface area contributed by atoms with E-state index in [9.17, 15) is 18.0 Å². The maximum absolute atomic E-state index is 12.7. The number of anilines is 1. The standard InChI is InChI=1S/C10H9F3N6OS/c11-10(12,13)5-3-6(16-7(14)15-5)21-9-18-17-8(20)19(9)4-1-2-4/h3-4H,1-2H2,(H,17,20)(H2,14,15,16). The molecule has 0 atom stereocenters. The van der Waals surface area contributed by atoms with Crippen molar-refractivity contribution in [2.75, 3.05) is 5.73 Å². The molecule has 1 saturated carbocycles. The molecule has 0 aromatic carbocycles. The summed E-state index contributed by atoms with van der Waals surface area (Å²) in [5.41, 5.74) is 3.77. The predicted octanol–water partition coefficient (Wildman–Crippen LogP) is 1.45. The second kappa shape index (κ2) is 4.76. The molecule has 7 nitrogen and oxygen atoms in total. The van der Waals surface area contributed by atoms with Gasteiger partial charge in [-0.1, -0.05) is 0 Å². The number of halogens is 3. The lowest BCUT2D eigenvalue weighted by molar-refractivity contribution is -0.141. The number of nitrogens with zero attached hydrogens (tertiary/aromatic N) is 4. The van der Waals surface area contributed by atoms with Crippen molar-refractivity contribution in [2.45, 2.75) is 35.2 Å². The van der Waals surface area contributed by atoms with E-state index in [1.807, 2.05) is 0 Å². The molecule has 0 unspecified atom stereocenters. The minimum Gasteiger partial charge on any atom is -0.368 e. The summed E-state index contributed by atoms with van der Waals surface area (Å²) in [6.07, 6.45) is -2.94. The molecule has 0 amide bonds. The van der Waals surface area contributed by atoms with Gasteiger partial charge in [-0.25, -0.2) is 19.9 Å². The number of H-pyrrole nitrogens is 1. The third-order valence-electron chi connectivity index (χ3n) is 2.79. The number of nitrogens with one attached hydrogen (secondary N) is 1. The monoisotopic (exact) mass is 318 g/mol. The van der Waals surface area contributed by atoms with E-state index < -0.39 is 23.5 Å². The van der Waals surface area contributed by atoms with Gasteiger partial charge < -0.3 is 5.73 Å². The highest BCUT2D eigenvalue weighted by Gasteiger charge is 2.34. The summed E-state index contributed by atoms with van der Waals surface area (Å²) in [7, 11) is 0. The molecule has 0 aliphatic heterocycles. The largest absolute Gasteiger partial charge is 0.433 e. The molecule has 21 heavy (non-hydrogen) atoms. The molecule has 1 aliphatic rings. The minimum absolute atomic E-state index is 0.0178. The van der Waals surface area contributed by atoms with Crippen LogP contribution in [0.3, 0.4) is 0 Å². The van der Waals surface area contributed by atoms with Crippen LogP contribution in [0.15, 0.2) is 21.0 Å². The molecule has 0 radical (unpaired) electrons. The Balaban J connectivity index is 1.95. The molecular formula is C10H9F3N6OS. The first-order valence-corrected chi connectivity index (χ1v) is 6.73. The summed E-state index contributed by atoms with van der Waals surface area (Å²) in [4.78, 5) is 18.5. The Labute approximate surface area is 119 Å². The Kier molecular flexibility index (Phi) is 3.15. The van der Waals surface area contributed by atoms with Crippen LogP contribution in [0.4, 0.5) is 19.1 Å². The molecule has 2 heterocycles. The summed E-state index contributed by atoms with van der Waals surface area (Å²) in [6, 6.07) is 0.817. The average Bonchev–Trinajstić information content (AvgIpc) is 3.13. The fraction of sp³-hybridized carbons (Fsp3) is 0.400. The average molecular weight is 318 g/mol. The quantitative estimate of drug-likeness (QED) is 0.830. The van der Waals surface area contributed by atoms with E-state index >= 15 is 0 Å². The van der Waals surface area contributed by atoms with Crippen LogP contribution in [0.25, 0.3) is 0 Å². The Morgan fingerprint density at radius 2 is 2.10 bits per heavy atom. The maximum atomic E-state index is 12.7. The van der Waals surface area contributed by atoms with Gasteiger partial charge in [0.15, 0.2) is 10.9 Å². The van der Waals surface area contributed by atoms with Crippen molar-refractivity contribution in [3.05, 3.63) is 22.2 Å². The highest BCUT2D eigenvalue weighted by atomic mass is 32.2. The maximum Gasteiger partial charge on any atom is 0.433 e. The molecule has 2 aromatic heterocycles. The first-order chi connectivity index (χ1) is 9.84. The van der Waals surface area contributed by atoms with Crippen molar-refractivity contribution >= 4 is 17.7 Å². The van der Waals surface area contributed by atoms with E-state index in [-0.39, 0.29) is 16.2 Å². The third-order valence-corrected chi connectivity index (χ3v) is 3.68. The van der Waals surface area contributed by atoms with Crippen molar-refractivity contribution in [1.82, 2.24) is 24.7 Å². The number of nitrogen functional groups attached to an aromatic ring is 1. The molecule has 0 bridgehead atoms. The Morgan fingerprint density at radius 1 is 1.38 bits per heavy atom. The number of nitrogens with two attached hydrogens (primary N) is 1. The van der Waals surface area contributed by atoms with Gasteiger partial charge in [0.05, 0.1) is 0 Å². The topological polar surface area (TPSA) is 102 Å². The van der Waals surface area contributed by atoms with Gasteiger partial charge in [0.2, 0.25) is 5.95 Å². The van der Waals surface area contributed by atoms with E-state index in [1.54, 1.807) is 0 Å². The summed E-state index contributed by atoms with van der Waals surface area (Å²) in [5, 5.41) is 6.32. The summed E-state index contributed by atoms with van der Waals surface area (Å²) >= 11 is 0.837. The zero-order valence-electron chi connectivity index (χ0n) is 10.4. The summed E-state index contributed by atoms with van der Waals surface area (Å²) in [6.45, 7) is 0. The highest BCUT2D eigenvalue weighted by molar-refractivity contribution is 7.99. The molecule has 1 aliphatic carbocycles. The Hall–Kier alpha value is -2.04. The van der Waals surface area contributed by atoms with Crippen molar-refractivity contribution in [1.29, 1.82) is 0 Å². The van der Waals surface area contributed by atoms with E-state index in [2.05, 4.69) is 20.2 Å². The number of rotatable bonds is 3. The van der Waals surface area contributed by atoms with Crippen LogP contribution in [0, 0.1) is 0 Å². The van der Waals surface area contributed by atoms with Crippen molar-refractivity contribution in [3.8, 4) is 0 Å². The second-order valence-corrected chi connectivity index (χ2v) is 5.45. The van der Waals surface area contributed by atoms with Gasteiger partial charge in [-0.2, -0.15) is 13.2 Å². The van der Waals surface area contributed by atoms with Gasteiger partial charge in [-0.3, -0.25) is 4.57 Å². The fourth-order valence-corrected chi connectivity index (χ4v) is 2.67. The van der Waals surface area contributed by atoms with Gasteiger partial charge >= 0.3 is 11.9 Å². The lowest BCUT2D eigenvalue weighted by atomic mass is 10.4. The third kappa shape index (κ3) is 2.86. The van der Waals surface area contributed by atoms with E-state index in [0.717, 1.165) is 30.7 Å².